The third-order valence-electron chi connectivity index (χ3n) is 6.63. The van der Waals surface area contributed by atoms with Gasteiger partial charge in [-0.2, -0.15) is 13.8 Å². The molecule has 2 N–H and O–H groups in total. The van der Waals surface area contributed by atoms with Crippen LogP contribution in [0.25, 0.3) is 0 Å². The first-order chi connectivity index (χ1) is 13.9. The molecule has 2 aliphatic carbocycles. The van der Waals surface area contributed by atoms with Gasteiger partial charge in [0, 0.05) is 6.20 Å². The highest BCUT2D eigenvalue weighted by molar-refractivity contribution is 6.73. The molecule has 3 unspecified atom stereocenters. The molecule has 1 aromatic heterocycles. The minimum absolute atomic E-state index is 0.0234. The van der Waals surface area contributed by atoms with Crippen LogP contribution in [0.5, 0.6) is 0 Å². The zero-order chi connectivity index (χ0) is 21.9. The Morgan fingerprint density at radius 1 is 1.20 bits per heavy atom. The third kappa shape index (κ3) is 4.27. The number of hydrogen-bond acceptors (Lipinski definition) is 6. The summed E-state index contributed by atoms with van der Waals surface area (Å²) in [7, 11) is -4.30. The Labute approximate surface area is 177 Å². The van der Waals surface area contributed by atoms with E-state index in [2.05, 4.69) is 18.1 Å². The quantitative estimate of drug-likeness (QED) is 0.599. The van der Waals surface area contributed by atoms with Crippen LogP contribution in [0.3, 0.4) is 0 Å². The first-order valence-corrected chi connectivity index (χ1v) is 16.6. The lowest BCUT2D eigenvalue weighted by atomic mass is 10.1. The number of ether oxygens (including phenoxy) is 1. The molecule has 3 aliphatic rings. The predicted octanol–water partition coefficient (Wildman–Crippen LogP) is 3.50. The van der Waals surface area contributed by atoms with Gasteiger partial charge < -0.3 is 19.3 Å². The normalized spacial score (nSPS) is 29.3. The summed E-state index contributed by atoms with van der Waals surface area (Å²) in [5.74, 6) is -3.43. The zero-order valence-electron chi connectivity index (χ0n) is 17.9. The lowest BCUT2D eigenvalue weighted by molar-refractivity contribution is -0.138. The summed E-state index contributed by atoms with van der Waals surface area (Å²) >= 11 is 0. The summed E-state index contributed by atoms with van der Waals surface area (Å²) in [6.07, 6.45) is 1.30. The van der Waals surface area contributed by atoms with Crippen LogP contribution >= 0.6 is 0 Å². The van der Waals surface area contributed by atoms with Crippen molar-refractivity contribution in [3.63, 3.8) is 0 Å². The van der Waals surface area contributed by atoms with E-state index >= 15 is 8.78 Å². The average Bonchev–Trinajstić information content (AvgIpc) is 3.53. The topological polar surface area (TPSA) is 88.6 Å². The van der Waals surface area contributed by atoms with Crippen molar-refractivity contribution in [1.29, 1.82) is 0 Å². The Hall–Kier alpha value is -1.15. The van der Waals surface area contributed by atoms with Crippen molar-refractivity contribution in [1.82, 2.24) is 9.55 Å². The van der Waals surface area contributed by atoms with Crippen LogP contribution in [-0.4, -0.2) is 50.9 Å². The number of anilines is 1. The van der Waals surface area contributed by atoms with E-state index in [0.29, 0.717) is 11.1 Å². The third-order valence-corrected chi connectivity index (χ3v) is 13.5. The van der Waals surface area contributed by atoms with E-state index in [0.717, 1.165) is 30.3 Å². The number of alkyl halides is 2. The molecule has 30 heavy (non-hydrogen) atoms. The second-order valence-electron chi connectivity index (χ2n) is 9.85. The number of hydrogen-bond donors (Lipinski definition) is 1. The fraction of sp³-hybridized carbons (Fsp3) is 0.789. The number of halogens is 2. The number of aromatic nitrogens is 2. The smallest absolute Gasteiger partial charge is 0.351 e. The van der Waals surface area contributed by atoms with Crippen LogP contribution in [0.4, 0.5) is 14.6 Å². The average molecular weight is 460 g/mol. The highest BCUT2D eigenvalue weighted by Crippen LogP contribution is 2.51. The van der Waals surface area contributed by atoms with Crippen molar-refractivity contribution >= 4 is 22.5 Å². The van der Waals surface area contributed by atoms with E-state index in [1.54, 1.807) is 0 Å². The maximum Gasteiger partial charge on any atom is 0.351 e. The molecule has 3 atom stereocenters. The molecule has 4 rings (SSSR count). The maximum atomic E-state index is 15.6. The summed E-state index contributed by atoms with van der Waals surface area (Å²) in [5.41, 5.74) is 5.59. The molecule has 2 heterocycles. The molecule has 0 bridgehead atoms. The Balaban J connectivity index is 1.60. The van der Waals surface area contributed by atoms with Gasteiger partial charge in [-0.25, -0.2) is 4.79 Å². The lowest BCUT2D eigenvalue weighted by Crippen LogP contribution is -2.50. The molecular formula is C19H31F2N3O4Si2. The van der Waals surface area contributed by atoms with Crippen molar-refractivity contribution < 1.29 is 22.4 Å². The Bertz CT molecular complexity index is 858. The predicted molar refractivity (Wildman–Crippen MR) is 114 cm³/mol. The summed E-state index contributed by atoms with van der Waals surface area (Å²) in [6, 6.07) is 1.31. The molecule has 0 radical (unpaired) electrons. The van der Waals surface area contributed by atoms with E-state index in [1.165, 1.54) is 12.3 Å². The molecule has 0 aromatic carbocycles. The molecule has 11 heteroatoms. The molecule has 3 fully saturated rings. The number of nitrogens with zero attached hydrogens (tertiary/aromatic N) is 2. The molecule has 168 valence electrons. The fourth-order valence-electron chi connectivity index (χ4n) is 4.25. The molecule has 0 spiro atoms. The fourth-order valence-corrected chi connectivity index (χ4v) is 9.35. The summed E-state index contributed by atoms with van der Waals surface area (Å²) in [5, 5.41) is 0. The van der Waals surface area contributed by atoms with Crippen LogP contribution in [0.15, 0.2) is 17.1 Å². The van der Waals surface area contributed by atoms with Crippen LogP contribution < -0.4 is 11.4 Å². The van der Waals surface area contributed by atoms with Crippen molar-refractivity contribution in [2.24, 2.45) is 0 Å². The van der Waals surface area contributed by atoms with E-state index in [9.17, 15) is 4.79 Å². The molecule has 1 saturated heterocycles. The van der Waals surface area contributed by atoms with Crippen LogP contribution in [-0.2, 0) is 13.6 Å². The monoisotopic (exact) mass is 459 g/mol. The highest BCUT2D eigenvalue weighted by atomic mass is 28.4. The van der Waals surface area contributed by atoms with E-state index in [-0.39, 0.29) is 12.4 Å². The Morgan fingerprint density at radius 3 is 2.37 bits per heavy atom. The molecule has 1 aliphatic heterocycles. The van der Waals surface area contributed by atoms with E-state index in [4.69, 9.17) is 19.3 Å². The lowest BCUT2D eigenvalue weighted by Gasteiger charge is -2.33. The van der Waals surface area contributed by atoms with Gasteiger partial charge in [0.2, 0.25) is 6.23 Å². The van der Waals surface area contributed by atoms with Gasteiger partial charge >= 0.3 is 11.6 Å². The van der Waals surface area contributed by atoms with Gasteiger partial charge in [-0.05, 0) is 43.3 Å². The van der Waals surface area contributed by atoms with Gasteiger partial charge in [-0.15, -0.1) is 0 Å². The van der Waals surface area contributed by atoms with Crippen LogP contribution in [0.2, 0.25) is 37.3 Å². The second kappa shape index (κ2) is 7.47. The minimum atomic E-state index is -3.40. The molecule has 2 saturated carbocycles. The first kappa shape index (κ1) is 22.1. The van der Waals surface area contributed by atoms with E-state index in [1.807, 2.05) is 13.1 Å². The van der Waals surface area contributed by atoms with Crippen molar-refractivity contribution in [3.05, 3.63) is 22.7 Å². The number of nitrogens with two attached hydrogens (primary N) is 1. The van der Waals surface area contributed by atoms with Gasteiger partial charge in [0.25, 0.3) is 0 Å². The van der Waals surface area contributed by atoms with Gasteiger partial charge in [-0.3, -0.25) is 4.57 Å². The SMILES string of the molecule is C[Si](C)(OCC1OC(n2ccc(N)nc2=O)C(F)(F)C1O[Si](C)(C)C1CC1)C1CC1. The standard InChI is InChI=1S/C19H31F2N3O4Si2/c1-29(2,12-5-6-12)26-11-14-16(28-30(3,4)13-7-8-13)19(20,21)17(27-14)24-10-9-15(22)23-18(24)25/h9-10,12-14,16-17H,5-8,11H2,1-4H3,(H2,22,23,25). The first-order valence-electron chi connectivity index (χ1n) is 10.6. The summed E-state index contributed by atoms with van der Waals surface area (Å²) < 4.78 is 50.1. The molecule has 1 aromatic rings. The minimum Gasteiger partial charge on any atom is -0.414 e. The summed E-state index contributed by atoms with van der Waals surface area (Å²) in [6.45, 7) is 8.22. The van der Waals surface area contributed by atoms with Crippen LogP contribution in [0, 0.1) is 0 Å². The molecule has 0 amide bonds. The van der Waals surface area contributed by atoms with E-state index < -0.39 is 46.7 Å². The Morgan fingerprint density at radius 2 is 1.80 bits per heavy atom. The Kier molecular flexibility index (Phi) is 5.49. The van der Waals surface area contributed by atoms with Gasteiger partial charge in [-0.1, -0.05) is 25.7 Å². The highest BCUT2D eigenvalue weighted by Gasteiger charge is 2.63. The van der Waals surface area contributed by atoms with Gasteiger partial charge in [0.1, 0.15) is 18.0 Å². The van der Waals surface area contributed by atoms with Gasteiger partial charge in [0.05, 0.1) is 6.61 Å². The van der Waals surface area contributed by atoms with Gasteiger partial charge in [0.15, 0.2) is 16.6 Å². The van der Waals surface area contributed by atoms with Crippen molar-refractivity contribution in [2.75, 3.05) is 12.3 Å². The molecule has 7 nitrogen and oxygen atoms in total. The summed E-state index contributed by atoms with van der Waals surface area (Å²) in [4.78, 5) is 15.8. The molecular weight excluding hydrogens is 428 g/mol. The number of rotatable bonds is 8. The largest absolute Gasteiger partial charge is 0.414 e. The van der Waals surface area contributed by atoms with Crippen molar-refractivity contribution in [2.45, 2.75) is 87.3 Å². The number of nitrogen functional groups attached to an aromatic ring is 1. The van der Waals surface area contributed by atoms with Crippen LogP contribution in [0.1, 0.15) is 31.9 Å². The second-order valence-corrected chi connectivity index (χ2v) is 18.4. The zero-order valence-corrected chi connectivity index (χ0v) is 19.9. The van der Waals surface area contributed by atoms with Crippen molar-refractivity contribution in [3.8, 4) is 0 Å². The maximum absolute atomic E-state index is 15.6.